The van der Waals surface area contributed by atoms with E-state index in [1.165, 1.54) is 17.2 Å². The van der Waals surface area contributed by atoms with Gasteiger partial charge in [-0.15, -0.1) is 0 Å². The summed E-state index contributed by atoms with van der Waals surface area (Å²) in [5, 5.41) is 21.0. The van der Waals surface area contributed by atoms with E-state index in [1.807, 2.05) is 38.1 Å². The standard InChI is InChI=1S/C24H24F2N4O.C2H6.H2O2/c25-18-3-6-22(26)21(7-18)24-23(28)8-20(14-31-24)30-12-16-10-29(11-17(16)13-30)19-4-1-15(9-27)2-5-19;2*1-2/h1-7,20,23-24H,8,10-14,28H2;1-2H3;1-2H/t20?,23?,24-;;/m1../s1. The summed E-state index contributed by atoms with van der Waals surface area (Å²) in [5.74, 6) is -0.966. The van der Waals surface area contributed by atoms with Gasteiger partial charge in [-0.3, -0.25) is 15.4 Å². The number of ether oxygens (including phenoxy) is 1. The molecule has 3 aliphatic rings. The van der Waals surface area contributed by atoms with E-state index < -0.39 is 17.7 Å². The van der Waals surface area contributed by atoms with Crippen LogP contribution in [0.1, 0.15) is 37.5 Å². The summed E-state index contributed by atoms with van der Waals surface area (Å²) in [5.41, 5.74) is 11.2. The van der Waals surface area contributed by atoms with Crippen molar-refractivity contribution in [3.63, 3.8) is 0 Å². The average molecular weight is 487 g/mol. The highest BCUT2D eigenvalue weighted by molar-refractivity contribution is 5.55. The molecule has 0 bridgehead atoms. The Bertz CT molecular complexity index is 1050. The minimum absolute atomic E-state index is 0.164. The molecular formula is C26H32F2N4O3. The Kier molecular flexibility index (Phi) is 9.32. The molecule has 0 radical (unpaired) electrons. The molecule has 5 rings (SSSR count). The SMILES string of the molecule is CC.N#Cc1ccc(N2CC3=C(C2)CN(C2CO[C@H](c4cc(F)ccc4F)C(N)C2)C3)cc1.OO. The predicted molar refractivity (Wildman–Crippen MR) is 130 cm³/mol. The first kappa shape index (κ1) is 26.7. The van der Waals surface area contributed by atoms with E-state index in [2.05, 4.69) is 15.9 Å². The fourth-order valence-electron chi connectivity index (χ4n) is 4.95. The quantitative estimate of drug-likeness (QED) is 0.340. The first-order valence-electron chi connectivity index (χ1n) is 11.7. The van der Waals surface area contributed by atoms with Gasteiger partial charge in [-0.05, 0) is 60.0 Å². The van der Waals surface area contributed by atoms with Crippen molar-refractivity contribution in [3.8, 4) is 6.07 Å². The molecule has 2 unspecified atom stereocenters. The van der Waals surface area contributed by atoms with Gasteiger partial charge in [0.05, 0.1) is 18.2 Å². The van der Waals surface area contributed by atoms with Gasteiger partial charge >= 0.3 is 0 Å². The van der Waals surface area contributed by atoms with E-state index in [0.717, 1.165) is 44.0 Å². The van der Waals surface area contributed by atoms with E-state index in [1.54, 1.807) is 0 Å². The molecule has 7 nitrogen and oxygen atoms in total. The van der Waals surface area contributed by atoms with E-state index in [4.69, 9.17) is 26.2 Å². The number of anilines is 1. The van der Waals surface area contributed by atoms with Crippen molar-refractivity contribution in [1.29, 1.82) is 5.26 Å². The molecule has 9 heteroatoms. The van der Waals surface area contributed by atoms with E-state index >= 15 is 0 Å². The van der Waals surface area contributed by atoms with Crippen molar-refractivity contribution in [1.82, 2.24) is 4.90 Å². The molecule has 35 heavy (non-hydrogen) atoms. The Morgan fingerprint density at radius 3 is 2.20 bits per heavy atom. The first-order valence-corrected chi connectivity index (χ1v) is 11.7. The number of nitrogens with zero attached hydrogens (tertiary/aromatic N) is 3. The van der Waals surface area contributed by atoms with Crippen LogP contribution in [0.5, 0.6) is 0 Å². The van der Waals surface area contributed by atoms with Crippen LogP contribution in [0.3, 0.4) is 0 Å². The molecule has 1 saturated heterocycles. The summed E-state index contributed by atoms with van der Waals surface area (Å²) in [7, 11) is 0. The van der Waals surface area contributed by atoms with Crippen LogP contribution in [0.2, 0.25) is 0 Å². The smallest absolute Gasteiger partial charge is 0.129 e. The summed E-state index contributed by atoms with van der Waals surface area (Å²) >= 11 is 0. The third kappa shape index (κ3) is 5.86. The van der Waals surface area contributed by atoms with Crippen LogP contribution < -0.4 is 10.6 Å². The van der Waals surface area contributed by atoms with Gasteiger partial charge in [0.25, 0.3) is 0 Å². The van der Waals surface area contributed by atoms with Crippen LogP contribution in [0, 0.1) is 23.0 Å². The maximum Gasteiger partial charge on any atom is 0.129 e. The third-order valence-electron chi connectivity index (χ3n) is 6.60. The van der Waals surface area contributed by atoms with Crippen molar-refractivity contribution >= 4 is 5.69 Å². The lowest BCUT2D eigenvalue weighted by atomic mass is 9.93. The molecule has 3 atom stereocenters. The molecule has 1 fully saturated rings. The zero-order valence-corrected chi connectivity index (χ0v) is 20.0. The lowest BCUT2D eigenvalue weighted by Gasteiger charge is -2.39. The number of benzene rings is 2. The van der Waals surface area contributed by atoms with Crippen LogP contribution >= 0.6 is 0 Å². The van der Waals surface area contributed by atoms with E-state index in [-0.39, 0.29) is 17.6 Å². The van der Waals surface area contributed by atoms with Crippen molar-refractivity contribution in [2.75, 3.05) is 37.7 Å². The zero-order valence-electron chi connectivity index (χ0n) is 20.0. The number of hydrogen-bond donors (Lipinski definition) is 3. The molecular weight excluding hydrogens is 454 g/mol. The third-order valence-corrected chi connectivity index (χ3v) is 6.60. The monoisotopic (exact) mass is 486 g/mol. The number of hydrogen-bond acceptors (Lipinski definition) is 7. The summed E-state index contributed by atoms with van der Waals surface area (Å²) in [6, 6.07) is 13.0. The highest BCUT2D eigenvalue weighted by Crippen LogP contribution is 2.35. The van der Waals surface area contributed by atoms with Gasteiger partial charge in [-0.25, -0.2) is 8.78 Å². The number of rotatable bonds is 3. The molecule has 0 aromatic heterocycles. The minimum Gasteiger partial charge on any atom is -0.370 e. The Morgan fingerprint density at radius 1 is 1.00 bits per heavy atom. The minimum atomic E-state index is -0.624. The second-order valence-electron chi connectivity index (χ2n) is 8.60. The van der Waals surface area contributed by atoms with Gasteiger partial charge in [0.1, 0.15) is 17.7 Å². The Balaban J connectivity index is 0.000000815. The summed E-state index contributed by atoms with van der Waals surface area (Å²) in [4.78, 5) is 4.72. The molecule has 0 saturated carbocycles. The molecule has 4 N–H and O–H groups in total. The molecule has 3 aliphatic heterocycles. The maximum atomic E-state index is 14.2. The van der Waals surface area contributed by atoms with E-state index in [0.29, 0.717) is 18.6 Å². The highest BCUT2D eigenvalue weighted by Gasteiger charge is 2.38. The van der Waals surface area contributed by atoms with Gasteiger partial charge in [0.2, 0.25) is 0 Å². The Hall–Kier alpha value is -2.87. The highest BCUT2D eigenvalue weighted by atomic mass is 19.1. The normalized spacial score (nSPS) is 23.6. The maximum absolute atomic E-state index is 14.2. The predicted octanol–water partition coefficient (Wildman–Crippen LogP) is 4.17. The topological polar surface area (TPSA) is 106 Å². The molecule has 0 amide bonds. The summed E-state index contributed by atoms with van der Waals surface area (Å²) in [6.45, 7) is 7.97. The van der Waals surface area contributed by atoms with Gasteiger partial charge in [-0.2, -0.15) is 5.26 Å². The second kappa shape index (κ2) is 12.2. The molecule has 0 aliphatic carbocycles. The van der Waals surface area contributed by atoms with Crippen molar-refractivity contribution in [2.45, 2.75) is 38.5 Å². The molecule has 0 spiro atoms. The molecule has 2 aromatic carbocycles. The lowest BCUT2D eigenvalue weighted by molar-refractivity contribution is -0.176. The average Bonchev–Trinajstić information content (AvgIpc) is 3.48. The van der Waals surface area contributed by atoms with Crippen LogP contribution in [-0.4, -0.2) is 60.3 Å². The second-order valence-corrected chi connectivity index (χ2v) is 8.60. The Morgan fingerprint density at radius 2 is 1.63 bits per heavy atom. The fraction of sp³-hybridized carbons (Fsp3) is 0.423. The van der Waals surface area contributed by atoms with Crippen molar-refractivity contribution in [2.24, 2.45) is 5.73 Å². The molecule has 188 valence electrons. The van der Waals surface area contributed by atoms with Gasteiger partial charge in [0, 0.05) is 49.5 Å². The van der Waals surface area contributed by atoms with Gasteiger partial charge in [-0.1, -0.05) is 13.8 Å². The lowest BCUT2D eigenvalue weighted by Crippen LogP contribution is -2.49. The number of nitriles is 1. The van der Waals surface area contributed by atoms with Crippen molar-refractivity contribution < 1.29 is 24.0 Å². The zero-order chi connectivity index (χ0) is 25.5. The Labute approximate surface area is 204 Å². The van der Waals surface area contributed by atoms with Crippen molar-refractivity contribution in [3.05, 3.63) is 76.4 Å². The molecule has 2 aromatic rings. The van der Waals surface area contributed by atoms with Gasteiger partial charge in [0.15, 0.2) is 0 Å². The van der Waals surface area contributed by atoms with E-state index in [9.17, 15) is 8.78 Å². The largest absolute Gasteiger partial charge is 0.370 e. The summed E-state index contributed by atoms with van der Waals surface area (Å²) < 4.78 is 33.7. The van der Waals surface area contributed by atoms with Crippen LogP contribution in [0.25, 0.3) is 0 Å². The fourth-order valence-corrected chi connectivity index (χ4v) is 4.95. The van der Waals surface area contributed by atoms with Gasteiger partial charge < -0.3 is 15.4 Å². The van der Waals surface area contributed by atoms with Crippen LogP contribution in [0.4, 0.5) is 14.5 Å². The van der Waals surface area contributed by atoms with Crippen LogP contribution in [0.15, 0.2) is 53.6 Å². The number of halogens is 2. The summed E-state index contributed by atoms with van der Waals surface area (Å²) in [6.07, 6.45) is 0.0572. The first-order chi connectivity index (χ1) is 17.0. The molecule has 3 heterocycles. The van der Waals surface area contributed by atoms with Crippen LogP contribution in [-0.2, 0) is 4.74 Å². The number of nitrogens with two attached hydrogens (primary N) is 1.